The van der Waals surface area contributed by atoms with Crippen molar-refractivity contribution < 1.29 is 9.53 Å². The Morgan fingerprint density at radius 1 is 1.38 bits per heavy atom. The van der Waals surface area contributed by atoms with E-state index in [-0.39, 0.29) is 11.5 Å². The largest absolute Gasteiger partial charge is 0.492 e. The zero-order valence-electron chi connectivity index (χ0n) is 12.5. The molecule has 0 atom stereocenters. The van der Waals surface area contributed by atoms with Crippen molar-refractivity contribution in [2.45, 2.75) is 26.7 Å². The standard InChI is InChI=1S/C16H21N3O2/c1-3-5-10-18-16(20)13(11-17)12-19-14-8-6-7-9-15(14)21-4-2/h6-9,12,19H,3-5,10H2,1-2H3,(H,18,20)/b13-12-. The lowest BCUT2D eigenvalue weighted by Crippen LogP contribution is -2.25. The molecule has 0 aliphatic rings. The monoisotopic (exact) mass is 287 g/mol. The van der Waals surface area contributed by atoms with Crippen LogP contribution in [0, 0.1) is 11.3 Å². The number of nitrogens with zero attached hydrogens (tertiary/aromatic N) is 1. The van der Waals surface area contributed by atoms with Gasteiger partial charge in [0.2, 0.25) is 0 Å². The van der Waals surface area contributed by atoms with Gasteiger partial charge < -0.3 is 15.4 Å². The van der Waals surface area contributed by atoms with E-state index in [1.807, 2.05) is 44.2 Å². The molecule has 1 rings (SSSR count). The normalized spacial score (nSPS) is 10.6. The molecule has 112 valence electrons. The highest BCUT2D eigenvalue weighted by molar-refractivity contribution is 5.97. The molecule has 0 radical (unpaired) electrons. The Morgan fingerprint density at radius 3 is 2.81 bits per heavy atom. The fraction of sp³-hybridized carbons (Fsp3) is 0.375. The third-order valence-electron chi connectivity index (χ3n) is 2.74. The fourth-order valence-electron chi connectivity index (χ4n) is 1.64. The van der Waals surface area contributed by atoms with E-state index in [2.05, 4.69) is 10.6 Å². The van der Waals surface area contributed by atoms with Gasteiger partial charge in [0, 0.05) is 12.7 Å². The number of nitriles is 1. The van der Waals surface area contributed by atoms with Crippen LogP contribution in [-0.2, 0) is 4.79 Å². The molecule has 5 heteroatoms. The SMILES string of the molecule is CCCCNC(=O)/C(C#N)=C\Nc1ccccc1OCC. The molecule has 1 aromatic carbocycles. The predicted octanol–water partition coefficient (Wildman–Crippen LogP) is 2.82. The van der Waals surface area contributed by atoms with Gasteiger partial charge in [-0.1, -0.05) is 25.5 Å². The lowest BCUT2D eigenvalue weighted by Gasteiger charge is -2.10. The molecule has 5 nitrogen and oxygen atoms in total. The number of hydrogen-bond donors (Lipinski definition) is 2. The van der Waals surface area contributed by atoms with Gasteiger partial charge in [0.25, 0.3) is 5.91 Å². The van der Waals surface area contributed by atoms with Crippen molar-refractivity contribution in [2.75, 3.05) is 18.5 Å². The summed E-state index contributed by atoms with van der Waals surface area (Å²) in [6.07, 6.45) is 3.29. The molecule has 0 fully saturated rings. The molecular formula is C16H21N3O2. The number of rotatable bonds is 8. The molecule has 0 aliphatic heterocycles. The Bertz CT molecular complexity index is 533. The van der Waals surface area contributed by atoms with Gasteiger partial charge in [-0.25, -0.2) is 0 Å². The van der Waals surface area contributed by atoms with Gasteiger partial charge in [-0.3, -0.25) is 4.79 Å². The molecule has 0 spiro atoms. The zero-order chi connectivity index (χ0) is 15.5. The smallest absolute Gasteiger partial charge is 0.263 e. The summed E-state index contributed by atoms with van der Waals surface area (Å²) in [6, 6.07) is 9.26. The summed E-state index contributed by atoms with van der Waals surface area (Å²) < 4.78 is 5.47. The Kier molecular flexibility index (Phi) is 7.44. The van der Waals surface area contributed by atoms with Crippen LogP contribution in [0.2, 0.25) is 0 Å². The molecule has 0 unspecified atom stereocenters. The minimum atomic E-state index is -0.368. The van der Waals surface area contributed by atoms with Gasteiger partial charge in [0.1, 0.15) is 17.4 Å². The number of para-hydroxylation sites is 2. The van der Waals surface area contributed by atoms with Gasteiger partial charge in [-0.15, -0.1) is 0 Å². The van der Waals surface area contributed by atoms with Gasteiger partial charge in [0.15, 0.2) is 0 Å². The zero-order valence-corrected chi connectivity index (χ0v) is 12.5. The molecule has 0 saturated carbocycles. The number of nitrogens with one attached hydrogen (secondary N) is 2. The molecule has 0 heterocycles. The Hall–Kier alpha value is -2.48. The second kappa shape index (κ2) is 9.43. The first kappa shape index (κ1) is 16.6. The lowest BCUT2D eigenvalue weighted by atomic mass is 10.2. The van der Waals surface area contributed by atoms with Crippen molar-refractivity contribution in [1.29, 1.82) is 5.26 Å². The number of anilines is 1. The van der Waals surface area contributed by atoms with E-state index in [9.17, 15) is 4.79 Å². The Balaban J connectivity index is 2.72. The first-order chi connectivity index (χ1) is 10.2. The Labute approximate surface area is 125 Å². The number of hydrogen-bond acceptors (Lipinski definition) is 4. The molecule has 0 bridgehead atoms. The molecule has 0 aromatic heterocycles. The van der Waals surface area contributed by atoms with Crippen LogP contribution in [0.15, 0.2) is 36.0 Å². The second-order valence-electron chi connectivity index (χ2n) is 4.35. The maximum absolute atomic E-state index is 11.8. The summed E-state index contributed by atoms with van der Waals surface area (Å²) >= 11 is 0. The summed E-state index contributed by atoms with van der Waals surface area (Å²) in [5.74, 6) is 0.312. The maximum atomic E-state index is 11.8. The summed E-state index contributed by atoms with van der Waals surface area (Å²) in [7, 11) is 0. The number of carbonyl (C=O) groups is 1. The number of carbonyl (C=O) groups excluding carboxylic acids is 1. The first-order valence-corrected chi connectivity index (χ1v) is 7.09. The summed E-state index contributed by atoms with van der Waals surface area (Å²) in [5, 5.41) is 14.7. The van der Waals surface area contributed by atoms with Crippen LogP contribution in [0.3, 0.4) is 0 Å². The minimum absolute atomic E-state index is 0.0393. The van der Waals surface area contributed by atoms with Crippen LogP contribution in [-0.4, -0.2) is 19.1 Å². The summed E-state index contributed by atoms with van der Waals surface area (Å²) in [6.45, 7) is 5.06. The van der Waals surface area contributed by atoms with E-state index in [0.29, 0.717) is 24.6 Å². The van der Waals surface area contributed by atoms with Gasteiger partial charge in [-0.2, -0.15) is 5.26 Å². The predicted molar refractivity (Wildman–Crippen MR) is 82.8 cm³/mol. The molecule has 0 aliphatic carbocycles. The Morgan fingerprint density at radius 2 is 2.14 bits per heavy atom. The van der Waals surface area contributed by atoms with Crippen LogP contribution in [0.25, 0.3) is 0 Å². The van der Waals surface area contributed by atoms with Crippen LogP contribution in [0.4, 0.5) is 5.69 Å². The molecule has 2 N–H and O–H groups in total. The van der Waals surface area contributed by atoms with Gasteiger partial charge >= 0.3 is 0 Å². The number of amides is 1. The van der Waals surface area contributed by atoms with Crippen molar-refractivity contribution in [1.82, 2.24) is 5.32 Å². The third-order valence-corrected chi connectivity index (χ3v) is 2.74. The molecule has 1 amide bonds. The highest BCUT2D eigenvalue weighted by Crippen LogP contribution is 2.23. The average molecular weight is 287 g/mol. The first-order valence-electron chi connectivity index (χ1n) is 7.09. The van der Waals surface area contributed by atoms with Crippen LogP contribution in [0.1, 0.15) is 26.7 Å². The van der Waals surface area contributed by atoms with Gasteiger partial charge in [-0.05, 0) is 25.5 Å². The van der Waals surface area contributed by atoms with Crippen LogP contribution >= 0.6 is 0 Å². The van der Waals surface area contributed by atoms with Crippen molar-refractivity contribution in [3.05, 3.63) is 36.0 Å². The topological polar surface area (TPSA) is 74.2 Å². The molecule has 1 aromatic rings. The highest BCUT2D eigenvalue weighted by Gasteiger charge is 2.08. The summed E-state index contributed by atoms with van der Waals surface area (Å²) in [5.41, 5.74) is 0.755. The lowest BCUT2D eigenvalue weighted by molar-refractivity contribution is -0.117. The average Bonchev–Trinajstić information content (AvgIpc) is 2.50. The number of benzene rings is 1. The molecule has 0 saturated heterocycles. The third kappa shape index (κ3) is 5.57. The van der Waals surface area contributed by atoms with E-state index >= 15 is 0 Å². The van der Waals surface area contributed by atoms with E-state index in [1.54, 1.807) is 0 Å². The van der Waals surface area contributed by atoms with Crippen LogP contribution in [0.5, 0.6) is 5.75 Å². The van der Waals surface area contributed by atoms with E-state index in [1.165, 1.54) is 6.20 Å². The van der Waals surface area contributed by atoms with E-state index < -0.39 is 0 Å². The van der Waals surface area contributed by atoms with Crippen LogP contribution < -0.4 is 15.4 Å². The van der Waals surface area contributed by atoms with E-state index in [0.717, 1.165) is 12.8 Å². The summed E-state index contributed by atoms with van der Waals surface area (Å²) in [4.78, 5) is 11.8. The van der Waals surface area contributed by atoms with Gasteiger partial charge in [0.05, 0.1) is 12.3 Å². The van der Waals surface area contributed by atoms with Crippen molar-refractivity contribution in [3.8, 4) is 11.8 Å². The number of unbranched alkanes of at least 4 members (excludes halogenated alkanes) is 1. The quantitative estimate of drug-likeness (QED) is 0.438. The molecule has 21 heavy (non-hydrogen) atoms. The van der Waals surface area contributed by atoms with E-state index in [4.69, 9.17) is 10.00 Å². The fourth-order valence-corrected chi connectivity index (χ4v) is 1.64. The van der Waals surface area contributed by atoms with Crippen molar-refractivity contribution in [2.24, 2.45) is 0 Å². The number of ether oxygens (including phenoxy) is 1. The maximum Gasteiger partial charge on any atom is 0.263 e. The highest BCUT2D eigenvalue weighted by atomic mass is 16.5. The van der Waals surface area contributed by atoms with Crippen molar-refractivity contribution >= 4 is 11.6 Å². The van der Waals surface area contributed by atoms with Crippen molar-refractivity contribution in [3.63, 3.8) is 0 Å². The minimum Gasteiger partial charge on any atom is -0.492 e. The second-order valence-corrected chi connectivity index (χ2v) is 4.35. The molecular weight excluding hydrogens is 266 g/mol.